The third kappa shape index (κ3) is 5.09. The number of pyridine rings is 1. The quantitative estimate of drug-likeness (QED) is 0.475. The second-order valence-corrected chi connectivity index (χ2v) is 8.90. The summed E-state index contributed by atoms with van der Waals surface area (Å²) in [5, 5.41) is 2.76. The number of sulfonamides is 1. The van der Waals surface area contributed by atoms with E-state index in [0.29, 0.717) is 17.1 Å². The molecule has 2 aromatic carbocycles. The first-order valence-corrected chi connectivity index (χ1v) is 11.4. The van der Waals surface area contributed by atoms with Gasteiger partial charge in [-0.15, -0.1) is 6.58 Å². The predicted molar refractivity (Wildman–Crippen MR) is 125 cm³/mol. The number of halogens is 1. The Kier molecular flexibility index (Phi) is 7.50. The number of methoxy groups -OCH3 is 1. The molecule has 0 radical (unpaired) electrons. The van der Waals surface area contributed by atoms with Crippen LogP contribution in [0.3, 0.4) is 0 Å². The van der Waals surface area contributed by atoms with Gasteiger partial charge in [-0.05, 0) is 36.4 Å². The van der Waals surface area contributed by atoms with Crippen LogP contribution in [0.4, 0.5) is 5.69 Å². The molecule has 9 heteroatoms. The number of amides is 1. The Balaban J connectivity index is 1.90. The number of para-hydroxylation sites is 1. The molecule has 0 fully saturated rings. The van der Waals surface area contributed by atoms with E-state index in [2.05, 4.69) is 16.9 Å². The molecule has 0 aliphatic rings. The van der Waals surface area contributed by atoms with Gasteiger partial charge in [0.05, 0.1) is 24.4 Å². The minimum Gasteiger partial charge on any atom is -0.481 e. The number of nitrogens with zero attached hydrogens (tertiary/aromatic N) is 2. The highest BCUT2D eigenvalue weighted by molar-refractivity contribution is 7.93. The summed E-state index contributed by atoms with van der Waals surface area (Å²) < 4.78 is 33.2. The summed E-state index contributed by atoms with van der Waals surface area (Å²) in [6.07, 6.45) is 3.07. The number of carbonyl (C=O) groups excluding carboxylic acids is 1. The zero-order valence-corrected chi connectivity index (χ0v) is 18.9. The summed E-state index contributed by atoms with van der Waals surface area (Å²) in [6.45, 7) is 3.85. The first kappa shape index (κ1) is 23.3. The fourth-order valence-corrected chi connectivity index (χ4v) is 4.97. The lowest BCUT2D eigenvalue weighted by Crippen LogP contribution is -2.31. The van der Waals surface area contributed by atoms with Crippen LogP contribution in [0.15, 0.2) is 84.4 Å². The summed E-state index contributed by atoms with van der Waals surface area (Å²) in [4.78, 5) is 16.7. The third-order valence-corrected chi connectivity index (χ3v) is 6.86. The monoisotopic (exact) mass is 471 g/mol. The highest BCUT2D eigenvalue weighted by Gasteiger charge is 2.27. The number of hydrogen-bond acceptors (Lipinski definition) is 5. The smallest absolute Gasteiger partial charge is 0.266 e. The van der Waals surface area contributed by atoms with Crippen molar-refractivity contribution in [3.63, 3.8) is 0 Å². The first-order chi connectivity index (χ1) is 15.4. The molecule has 3 aromatic rings. The van der Waals surface area contributed by atoms with E-state index >= 15 is 0 Å². The molecule has 3 rings (SSSR count). The largest absolute Gasteiger partial charge is 0.481 e. The van der Waals surface area contributed by atoms with Gasteiger partial charge in [0.15, 0.2) is 0 Å². The SMILES string of the molecule is C=CCN(c1ccccc1)S(=O)(=O)c1cc(C(=O)NCc2cccnc2OC)ccc1Cl. The summed E-state index contributed by atoms with van der Waals surface area (Å²) in [6, 6.07) is 16.2. The summed E-state index contributed by atoms with van der Waals surface area (Å²) in [5.74, 6) is -0.0610. The molecule has 0 unspecified atom stereocenters. The number of hydrogen-bond donors (Lipinski definition) is 1. The van der Waals surface area contributed by atoms with Crippen LogP contribution < -0.4 is 14.4 Å². The Morgan fingerprint density at radius 2 is 1.94 bits per heavy atom. The molecular formula is C23H22ClN3O4S. The number of nitrogens with one attached hydrogen (secondary N) is 1. The van der Waals surface area contributed by atoms with E-state index in [9.17, 15) is 13.2 Å². The molecule has 0 aliphatic carbocycles. The molecule has 0 bridgehead atoms. The molecule has 0 saturated heterocycles. The standard InChI is InChI=1S/C23H22ClN3O4S/c1-3-14-27(19-9-5-4-6-10-19)32(29,30)21-15-17(11-12-20(21)24)22(28)26-16-18-8-7-13-25-23(18)31-2/h3-13,15H,1,14,16H2,2H3,(H,26,28). The molecule has 1 heterocycles. The molecule has 7 nitrogen and oxygen atoms in total. The van der Waals surface area contributed by atoms with Crippen molar-refractivity contribution in [2.24, 2.45) is 0 Å². The minimum absolute atomic E-state index is 0.0143. The van der Waals surface area contributed by atoms with Crippen LogP contribution >= 0.6 is 11.6 Å². The van der Waals surface area contributed by atoms with Crippen LogP contribution in [-0.4, -0.2) is 33.0 Å². The lowest BCUT2D eigenvalue weighted by molar-refractivity contribution is 0.0950. The highest BCUT2D eigenvalue weighted by atomic mass is 35.5. The van der Waals surface area contributed by atoms with Gasteiger partial charge in [-0.3, -0.25) is 9.10 Å². The van der Waals surface area contributed by atoms with E-state index in [1.54, 1.807) is 48.7 Å². The van der Waals surface area contributed by atoms with Crippen molar-refractivity contribution >= 4 is 33.2 Å². The van der Waals surface area contributed by atoms with Crippen LogP contribution in [0.5, 0.6) is 5.88 Å². The maximum atomic E-state index is 13.4. The van der Waals surface area contributed by atoms with Crippen molar-refractivity contribution in [2.45, 2.75) is 11.4 Å². The van der Waals surface area contributed by atoms with Gasteiger partial charge in [-0.1, -0.05) is 41.9 Å². The van der Waals surface area contributed by atoms with Crippen LogP contribution in [0.25, 0.3) is 0 Å². The number of rotatable bonds is 9. The Bertz CT molecular complexity index is 1220. The molecule has 0 atom stereocenters. The molecule has 1 N–H and O–H groups in total. The Morgan fingerprint density at radius 1 is 1.19 bits per heavy atom. The molecular weight excluding hydrogens is 450 g/mol. The first-order valence-electron chi connectivity index (χ1n) is 9.62. The van der Waals surface area contributed by atoms with Gasteiger partial charge in [-0.2, -0.15) is 0 Å². The lowest BCUT2D eigenvalue weighted by Gasteiger charge is -2.24. The van der Waals surface area contributed by atoms with Crippen molar-refractivity contribution in [2.75, 3.05) is 18.0 Å². The van der Waals surface area contributed by atoms with Gasteiger partial charge >= 0.3 is 0 Å². The van der Waals surface area contributed by atoms with Gasteiger partial charge in [0.2, 0.25) is 5.88 Å². The Labute approximate surface area is 192 Å². The van der Waals surface area contributed by atoms with Crippen molar-refractivity contribution in [3.05, 3.63) is 95.7 Å². The Hall–Kier alpha value is -3.36. The van der Waals surface area contributed by atoms with Crippen LogP contribution in [0.1, 0.15) is 15.9 Å². The number of ether oxygens (including phenoxy) is 1. The number of carbonyl (C=O) groups is 1. The van der Waals surface area contributed by atoms with Gasteiger partial charge in [0, 0.05) is 23.9 Å². The van der Waals surface area contributed by atoms with E-state index in [4.69, 9.17) is 16.3 Å². The second kappa shape index (κ2) is 10.3. The Morgan fingerprint density at radius 3 is 2.62 bits per heavy atom. The van der Waals surface area contributed by atoms with E-state index in [-0.39, 0.29) is 28.6 Å². The maximum absolute atomic E-state index is 13.4. The van der Waals surface area contributed by atoms with Gasteiger partial charge in [-0.25, -0.2) is 13.4 Å². The fourth-order valence-electron chi connectivity index (χ4n) is 3.03. The van der Waals surface area contributed by atoms with Crippen LogP contribution in [-0.2, 0) is 16.6 Å². The molecule has 166 valence electrons. The summed E-state index contributed by atoms with van der Waals surface area (Å²) in [7, 11) is -2.57. The number of aromatic nitrogens is 1. The van der Waals surface area contributed by atoms with E-state index in [1.807, 2.05) is 0 Å². The zero-order valence-electron chi connectivity index (χ0n) is 17.4. The van der Waals surface area contributed by atoms with Crippen LogP contribution in [0, 0.1) is 0 Å². The zero-order chi connectivity index (χ0) is 23.1. The number of anilines is 1. The van der Waals surface area contributed by atoms with Gasteiger partial charge < -0.3 is 10.1 Å². The third-order valence-electron chi connectivity index (χ3n) is 4.58. The van der Waals surface area contributed by atoms with Crippen molar-refractivity contribution in [1.82, 2.24) is 10.3 Å². The van der Waals surface area contributed by atoms with E-state index in [0.717, 1.165) is 0 Å². The molecule has 1 aromatic heterocycles. The highest BCUT2D eigenvalue weighted by Crippen LogP contribution is 2.29. The average molecular weight is 472 g/mol. The van der Waals surface area contributed by atoms with Crippen LogP contribution in [0.2, 0.25) is 5.02 Å². The normalized spacial score (nSPS) is 10.9. The van der Waals surface area contributed by atoms with Gasteiger partial charge in [0.25, 0.3) is 15.9 Å². The molecule has 0 saturated carbocycles. The molecule has 32 heavy (non-hydrogen) atoms. The summed E-state index contributed by atoms with van der Waals surface area (Å²) in [5.41, 5.74) is 1.30. The molecule has 0 spiro atoms. The molecule has 0 aliphatic heterocycles. The van der Waals surface area contributed by atoms with E-state index in [1.165, 1.54) is 35.7 Å². The lowest BCUT2D eigenvalue weighted by atomic mass is 10.2. The minimum atomic E-state index is -4.06. The topological polar surface area (TPSA) is 88.6 Å². The van der Waals surface area contributed by atoms with E-state index < -0.39 is 15.9 Å². The average Bonchev–Trinajstić information content (AvgIpc) is 2.81. The second-order valence-electron chi connectivity index (χ2n) is 6.66. The van der Waals surface area contributed by atoms with Crippen molar-refractivity contribution in [1.29, 1.82) is 0 Å². The van der Waals surface area contributed by atoms with Crippen molar-refractivity contribution < 1.29 is 17.9 Å². The fraction of sp³-hybridized carbons (Fsp3) is 0.130. The predicted octanol–water partition coefficient (Wildman–Crippen LogP) is 4.05. The maximum Gasteiger partial charge on any atom is 0.266 e. The molecule has 1 amide bonds. The van der Waals surface area contributed by atoms with Gasteiger partial charge in [0.1, 0.15) is 4.90 Å². The summed E-state index contributed by atoms with van der Waals surface area (Å²) >= 11 is 6.24. The van der Waals surface area contributed by atoms with Crippen molar-refractivity contribution in [3.8, 4) is 5.88 Å². The number of benzene rings is 2.